The molecule has 1 amide bonds. The van der Waals surface area contributed by atoms with Crippen molar-refractivity contribution in [3.63, 3.8) is 0 Å². The molecule has 0 aliphatic rings. The van der Waals surface area contributed by atoms with Crippen molar-refractivity contribution in [2.45, 2.75) is 40.0 Å². The first kappa shape index (κ1) is 22.0. The quantitative estimate of drug-likeness (QED) is 0.397. The number of nitrogens with zero attached hydrogens (tertiary/aromatic N) is 1. The Morgan fingerprint density at radius 2 is 1.73 bits per heavy atom. The Bertz CT molecular complexity index is 530. The first-order valence-electron chi connectivity index (χ1n) is 9.33. The molecule has 0 aromatic heterocycles. The van der Waals surface area contributed by atoms with Crippen LogP contribution in [0.3, 0.4) is 0 Å². The maximum atomic E-state index is 12.5. The van der Waals surface area contributed by atoms with Gasteiger partial charge in [-0.25, -0.2) is 0 Å². The molecule has 0 N–H and O–H groups in total. The molecule has 6 nitrogen and oxygen atoms in total. The average molecular weight is 365 g/mol. The second-order valence-corrected chi connectivity index (χ2v) is 5.77. The van der Waals surface area contributed by atoms with Gasteiger partial charge in [-0.2, -0.15) is 0 Å². The largest absolute Gasteiger partial charge is 0.484 e. The van der Waals surface area contributed by atoms with Crippen LogP contribution in [-0.2, 0) is 25.5 Å². The molecule has 0 saturated heterocycles. The number of amides is 1. The fourth-order valence-electron chi connectivity index (χ4n) is 2.38. The summed E-state index contributed by atoms with van der Waals surface area (Å²) in [6, 6.07) is 7.70. The second kappa shape index (κ2) is 13.2. The Hall–Kier alpha value is -2.08. The molecule has 0 atom stereocenters. The first-order valence-corrected chi connectivity index (χ1v) is 9.33. The van der Waals surface area contributed by atoms with Crippen LogP contribution < -0.4 is 4.74 Å². The summed E-state index contributed by atoms with van der Waals surface area (Å²) in [7, 11) is 0. The van der Waals surface area contributed by atoms with Crippen molar-refractivity contribution in [3.8, 4) is 5.75 Å². The lowest BCUT2D eigenvalue weighted by Gasteiger charge is -2.22. The number of carbonyl (C=O) groups is 2. The summed E-state index contributed by atoms with van der Waals surface area (Å²) in [5, 5.41) is 0. The monoisotopic (exact) mass is 365 g/mol. The topological polar surface area (TPSA) is 65.1 Å². The summed E-state index contributed by atoms with van der Waals surface area (Å²) in [6.07, 6.45) is 1.85. The summed E-state index contributed by atoms with van der Waals surface area (Å²) in [4.78, 5) is 25.7. The van der Waals surface area contributed by atoms with Gasteiger partial charge in [0, 0.05) is 26.3 Å². The molecule has 146 valence electrons. The standard InChI is InChI=1S/C20H31NO5/c1-4-17-8-10-18(11-9-17)26-16-19(22)21(13-7-15-24-5-2)14-12-20(23)25-6-3/h8-11H,4-7,12-16H2,1-3H3. The molecule has 26 heavy (non-hydrogen) atoms. The molecular weight excluding hydrogens is 334 g/mol. The number of esters is 1. The van der Waals surface area contributed by atoms with Crippen molar-refractivity contribution < 1.29 is 23.8 Å². The minimum Gasteiger partial charge on any atom is -0.484 e. The zero-order chi connectivity index (χ0) is 19.2. The lowest BCUT2D eigenvalue weighted by Crippen LogP contribution is -2.37. The van der Waals surface area contributed by atoms with Gasteiger partial charge in [0.1, 0.15) is 5.75 Å². The number of ether oxygens (including phenoxy) is 3. The number of hydrogen-bond donors (Lipinski definition) is 0. The van der Waals surface area contributed by atoms with Gasteiger partial charge in [-0.3, -0.25) is 9.59 Å². The van der Waals surface area contributed by atoms with E-state index in [0.717, 1.165) is 6.42 Å². The lowest BCUT2D eigenvalue weighted by molar-refractivity contribution is -0.144. The number of carbonyl (C=O) groups excluding carboxylic acids is 2. The minimum atomic E-state index is -0.300. The van der Waals surface area contributed by atoms with Crippen LogP contribution in [0.5, 0.6) is 5.75 Å². The molecule has 1 aromatic rings. The number of aryl methyl sites for hydroxylation is 1. The molecule has 0 spiro atoms. The molecule has 1 aromatic carbocycles. The normalized spacial score (nSPS) is 10.4. The second-order valence-electron chi connectivity index (χ2n) is 5.77. The van der Waals surface area contributed by atoms with Crippen molar-refractivity contribution in [2.75, 3.05) is 39.5 Å². The van der Waals surface area contributed by atoms with E-state index in [-0.39, 0.29) is 24.9 Å². The molecule has 0 bridgehead atoms. The van der Waals surface area contributed by atoms with Crippen LogP contribution in [0, 0.1) is 0 Å². The smallest absolute Gasteiger partial charge is 0.307 e. The van der Waals surface area contributed by atoms with Gasteiger partial charge in [-0.1, -0.05) is 19.1 Å². The molecule has 0 radical (unpaired) electrons. The predicted octanol–water partition coefficient (Wildman–Crippen LogP) is 2.84. The molecule has 0 saturated carbocycles. The molecule has 6 heteroatoms. The SMILES string of the molecule is CCOCCCN(CCC(=O)OCC)C(=O)COc1ccc(CC)cc1. The zero-order valence-corrected chi connectivity index (χ0v) is 16.2. The molecule has 1 rings (SSSR count). The first-order chi connectivity index (χ1) is 12.6. The van der Waals surface area contributed by atoms with E-state index >= 15 is 0 Å². The summed E-state index contributed by atoms with van der Waals surface area (Å²) in [5.74, 6) is 0.215. The Morgan fingerprint density at radius 3 is 2.35 bits per heavy atom. The highest BCUT2D eigenvalue weighted by molar-refractivity contribution is 5.78. The van der Waals surface area contributed by atoms with E-state index in [0.29, 0.717) is 45.1 Å². The van der Waals surface area contributed by atoms with E-state index in [1.807, 2.05) is 31.2 Å². The number of rotatable bonds is 13. The van der Waals surface area contributed by atoms with Gasteiger partial charge < -0.3 is 19.1 Å². The maximum absolute atomic E-state index is 12.5. The molecule has 0 fully saturated rings. The zero-order valence-electron chi connectivity index (χ0n) is 16.2. The van der Waals surface area contributed by atoms with E-state index in [1.165, 1.54) is 5.56 Å². The maximum Gasteiger partial charge on any atom is 0.307 e. The summed E-state index contributed by atoms with van der Waals surface area (Å²) >= 11 is 0. The van der Waals surface area contributed by atoms with Crippen LogP contribution in [0.4, 0.5) is 0 Å². The summed E-state index contributed by atoms with van der Waals surface area (Å²) < 4.78 is 15.8. The highest BCUT2D eigenvalue weighted by atomic mass is 16.5. The van der Waals surface area contributed by atoms with E-state index in [4.69, 9.17) is 14.2 Å². The van der Waals surface area contributed by atoms with Crippen LogP contribution in [-0.4, -0.2) is 56.3 Å². The van der Waals surface area contributed by atoms with Crippen LogP contribution >= 0.6 is 0 Å². The Balaban J connectivity index is 2.52. The lowest BCUT2D eigenvalue weighted by atomic mass is 10.2. The minimum absolute atomic E-state index is 0.0526. The number of benzene rings is 1. The molecule has 0 aliphatic carbocycles. The average Bonchev–Trinajstić information content (AvgIpc) is 2.66. The summed E-state index contributed by atoms with van der Waals surface area (Å²) in [5.41, 5.74) is 1.22. The van der Waals surface area contributed by atoms with Crippen LogP contribution in [0.25, 0.3) is 0 Å². The van der Waals surface area contributed by atoms with Gasteiger partial charge >= 0.3 is 5.97 Å². The highest BCUT2D eigenvalue weighted by Gasteiger charge is 2.16. The molecular formula is C20H31NO5. The van der Waals surface area contributed by atoms with Crippen LogP contribution in [0.15, 0.2) is 24.3 Å². The summed E-state index contributed by atoms with van der Waals surface area (Å²) in [6.45, 7) is 8.15. The van der Waals surface area contributed by atoms with Gasteiger partial charge in [-0.15, -0.1) is 0 Å². The van der Waals surface area contributed by atoms with Gasteiger partial charge in [0.05, 0.1) is 13.0 Å². The van der Waals surface area contributed by atoms with Gasteiger partial charge in [-0.05, 0) is 44.4 Å². The van der Waals surface area contributed by atoms with E-state index < -0.39 is 0 Å². The van der Waals surface area contributed by atoms with Gasteiger partial charge in [0.2, 0.25) is 0 Å². The molecule has 0 aliphatic heterocycles. The van der Waals surface area contributed by atoms with Crippen molar-refractivity contribution in [3.05, 3.63) is 29.8 Å². The van der Waals surface area contributed by atoms with Crippen molar-refractivity contribution >= 4 is 11.9 Å². The number of hydrogen-bond acceptors (Lipinski definition) is 5. The Kier molecular flexibility index (Phi) is 11.1. The predicted molar refractivity (Wildman–Crippen MR) is 100 cm³/mol. The van der Waals surface area contributed by atoms with Crippen molar-refractivity contribution in [1.82, 2.24) is 4.90 Å². The van der Waals surface area contributed by atoms with E-state index in [1.54, 1.807) is 11.8 Å². The van der Waals surface area contributed by atoms with Crippen LogP contribution in [0.2, 0.25) is 0 Å². The van der Waals surface area contributed by atoms with Gasteiger partial charge in [0.25, 0.3) is 5.91 Å². The highest BCUT2D eigenvalue weighted by Crippen LogP contribution is 2.12. The fraction of sp³-hybridized carbons (Fsp3) is 0.600. The van der Waals surface area contributed by atoms with Crippen molar-refractivity contribution in [1.29, 1.82) is 0 Å². The fourth-order valence-corrected chi connectivity index (χ4v) is 2.38. The third-order valence-electron chi connectivity index (χ3n) is 3.86. The van der Waals surface area contributed by atoms with Gasteiger partial charge in [0.15, 0.2) is 6.61 Å². The molecule has 0 unspecified atom stereocenters. The van der Waals surface area contributed by atoms with E-state index in [9.17, 15) is 9.59 Å². The third-order valence-corrected chi connectivity index (χ3v) is 3.86. The van der Waals surface area contributed by atoms with Crippen LogP contribution in [0.1, 0.15) is 39.2 Å². The third kappa shape index (κ3) is 8.85. The Morgan fingerprint density at radius 1 is 1.00 bits per heavy atom. The molecule has 0 heterocycles. The van der Waals surface area contributed by atoms with E-state index in [2.05, 4.69) is 6.92 Å². The Labute approximate surface area is 156 Å². The van der Waals surface area contributed by atoms with Crippen molar-refractivity contribution in [2.24, 2.45) is 0 Å².